The van der Waals surface area contributed by atoms with Crippen molar-refractivity contribution >= 4 is 37.0 Å². The molecule has 2 aliphatic heterocycles. The fourth-order valence-electron chi connectivity index (χ4n) is 7.25. The van der Waals surface area contributed by atoms with E-state index < -0.39 is 0 Å². The first-order chi connectivity index (χ1) is 16.4. The fourth-order valence-corrected chi connectivity index (χ4v) is 7.25. The smallest absolute Gasteiger partial charge is 0.179 e. The molecule has 5 rings (SSSR count). The van der Waals surface area contributed by atoms with Gasteiger partial charge in [0.15, 0.2) is 6.71 Å². The van der Waals surface area contributed by atoms with Gasteiger partial charge in [-0.15, -0.1) is 0 Å². The summed E-state index contributed by atoms with van der Waals surface area (Å²) in [5.74, 6) is 2.54. The number of hydrogen-bond acceptors (Lipinski definition) is 3. The Morgan fingerprint density at radius 1 is 1.03 bits per heavy atom. The summed E-state index contributed by atoms with van der Waals surface area (Å²) < 4.78 is 0. The zero-order valence-electron chi connectivity index (χ0n) is 22.6. The van der Waals surface area contributed by atoms with Crippen molar-refractivity contribution in [1.82, 2.24) is 10.3 Å². The molecule has 2 saturated heterocycles. The van der Waals surface area contributed by atoms with E-state index in [2.05, 4.69) is 82.7 Å². The number of pyridine rings is 1. The van der Waals surface area contributed by atoms with Gasteiger partial charge in [0.2, 0.25) is 0 Å². The summed E-state index contributed by atoms with van der Waals surface area (Å²) in [7, 11) is 6.04. The third-order valence-electron chi connectivity index (χ3n) is 9.95. The van der Waals surface area contributed by atoms with Crippen LogP contribution in [0.25, 0.3) is 5.70 Å². The van der Waals surface area contributed by atoms with E-state index in [1.807, 2.05) is 12.1 Å². The largest absolute Gasteiger partial charge is 0.380 e. The van der Waals surface area contributed by atoms with Crippen LogP contribution in [0.15, 0.2) is 43.1 Å². The minimum absolute atomic E-state index is 0.0783. The Hall–Kier alpha value is -2.16. The third kappa shape index (κ3) is 4.56. The minimum atomic E-state index is 0.0783. The van der Waals surface area contributed by atoms with Gasteiger partial charge in [0, 0.05) is 30.5 Å². The summed E-state index contributed by atoms with van der Waals surface area (Å²) in [5.41, 5.74) is 6.36. The maximum atomic E-state index is 6.04. The standard InChI is InChI=1S/C30H41B2N3/c1-20-8-9-24(31)12-26(20)21(2)34-30(7)13-22-16-35(17-23(22)14-30)27-11-10-25(15-33-27)32-18-28(3,4)29(5,6)19-32/h8-12,15,22-23,34H,2,13-14,16-19H2,1,3-7H3. The molecule has 2 unspecified atom stereocenters. The van der Waals surface area contributed by atoms with Crippen molar-refractivity contribution in [3.63, 3.8) is 0 Å². The zero-order chi connectivity index (χ0) is 25.2. The van der Waals surface area contributed by atoms with E-state index >= 15 is 0 Å². The Morgan fingerprint density at radius 2 is 1.66 bits per heavy atom. The number of benzene rings is 1. The lowest BCUT2D eigenvalue weighted by Crippen LogP contribution is -2.40. The van der Waals surface area contributed by atoms with E-state index in [0.717, 1.165) is 35.6 Å². The predicted octanol–water partition coefficient (Wildman–Crippen LogP) is 4.82. The van der Waals surface area contributed by atoms with Crippen molar-refractivity contribution in [3.05, 3.63) is 54.2 Å². The molecule has 0 bridgehead atoms. The number of nitrogens with one attached hydrogen (secondary N) is 1. The van der Waals surface area contributed by atoms with Crippen LogP contribution in [0.1, 0.15) is 58.6 Å². The van der Waals surface area contributed by atoms with Gasteiger partial charge in [-0.25, -0.2) is 4.98 Å². The van der Waals surface area contributed by atoms with Crippen molar-refractivity contribution in [3.8, 4) is 0 Å². The Labute approximate surface area is 214 Å². The molecule has 1 aromatic carbocycles. The monoisotopic (exact) mass is 465 g/mol. The van der Waals surface area contributed by atoms with E-state index in [-0.39, 0.29) is 5.54 Å². The van der Waals surface area contributed by atoms with Crippen LogP contribution in [0.5, 0.6) is 0 Å². The molecule has 3 aliphatic rings. The molecule has 3 nitrogen and oxygen atoms in total. The molecule has 2 atom stereocenters. The molecule has 3 heterocycles. The topological polar surface area (TPSA) is 28.2 Å². The molecular formula is C30H41B2N3. The van der Waals surface area contributed by atoms with Gasteiger partial charge >= 0.3 is 0 Å². The van der Waals surface area contributed by atoms with Crippen LogP contribution < -0.4 is 21.1 Å². The summed E-state index contributed by atoms with van der Waals surface area (Å²) in [6, 6.07) is 10.7. The molecule has 35 heavy (non-hydrogen) atoms. The van der Waals surface area contributed by atoms with E-state index in [1.165, 1.54) is 36.5 Å². The van der Waals surface area contributed by atoms with Gasteiger partial charge in [0.1, 0.15) is 13.7 Å². The number of hydrogen-bond donors (Lipinski definition) is 1. The second kappa shape index (κ2) is 8.46. The highest BCUT2D eigenvalue weighted by atomic mass is 15.2. The van der Waals surface area contributed by atoms with Crippen molar-refractivity contribution < 1.29 is 0 Å². The van der Waals surface area contributed by atoms with Crippen molar-refractivity contribution in [2.24, 2.45) is 22.7 Å². The number of anilines is 1. The van der Waals surface area contributed by atoms with Gasteiger partial charge in [0.25, 0.3) is 0 Å². The average molecular weight is 465 g/mol. The lowest BCUT2D eigenvalue weighted by Gasteiger charge is -2.35. The molecule has 1 N–H and O–H groups in total. The van der Waals surface area contributed by atoms with Crippen LogP contribution in [0.4, 0.5) is 5.82 Å². The molecule has 1 aromatic heterocycles. The SMILES string of the molecule is [B]c1ccc(C)c(C(=C)NC2(C)CC3CN(c4ccc(B5CC(C)(C)C(C)(C)C5)cn4)CC3C2)c1. The number of aryl methyl sites for hydroxylation is 1. The highest BCUT2D eigenvalue weighted by Gasteiger charge is 2.49. The summed E-state index contributed by atoms with van der Waals surface area (Å²) >= 11 is 0. The first-order valence-corrected chi connectivity index (χ1v) is 13.4. The maximum absolute atomic E-state index is 6.04. The van der Waals surface area contributed by atoms with Gasteiger partial charge < -0.3 is 10.2 Å². The quantitative estimate of drug-likeness (QED) is 0.643. The van der Waals surface area contributed by atoms with Gasteiger partial charge in [-0.2, -0.15) is 0 Å². The van der Waals surface area contributed by atoms with Crippen molar-refractivity contribution in [2.75, 3.05) is 18.0 Å². The highest BCUT2D eigenvalue weighted by molar-refractivity contribution is 6.74. The minimum Gasteiger partial charge on any atom is -0.380 e. The molecule has 5 heteroatoms. The van der Waals surface area contributed by atoms with Crippen LogP contribution >= 0.6 is 0 Å². The third-order valence-corrected chi connectivity index (χ3v) is 9.95. The summed E-state index contributed by atoms with van der Waals surface area (Å²) in [4.78, 5) is 7.47. The number of aromatic nitrogens is 1. The van der Waals surface area contributed by atoms with Gasteiger partial charge in [0.05, 0.1) is 0 Å². The molecule has 2 aromatic rings. The molecule has 0 spiro atoms. The van der Waals surface area contributed by atoms with E-state index in [4.69, 9.17) is 12.8 Å². The summed E-state index contributed by atoms with van der Waals surface area (Å²) in [6.07, 6.45) is 6.99. The lowest BCUT2D eigenvalue weighted by molar-refractivity contribution is 0.177. The molecule has 1 aliphatic carbocycles. The Bertz CT molecular complexity index is 1090. The fraction of sp³-hybridized carbons (Fsp3) is 0.567. The first kappa shape index (κ1) is 24.5. The number of rotatable bonds is 5. The predicted molar refractivity (Wildman–Crippen MR) is 152 cm³/mol. The second-order valence-corrected chi connectivity index (χ2v) is 13.4. The van der Waals surface area contributed by atoms with Crippen LogP contribution in [0.3, 0.4) is 0 Å². The van der Waals surface area contributed by atoms with Gasteiger partial charge in [-0.3, -0.25) is 0 Å². The van der Waals surface area contributed by atoms with Crippen molar-refractivity contribution in [2.45, 2.75) is 72.6 Å². The first-order valence-electron chi connectivity index (χ1n) is 13.4. The molecule has 3 fully saturated rings. The Balaban J connectivity index is 1.20. The zero-order valence-corrected chi connectivity index (χ0v) is 22.6. The maximum Gasteiger partial charge on any atom is 0.179 e. The van der Waals surface area contributed by atoms with Crippen LogP contribution in [-0.4, -0.2) is 38.2 Å². The van der Waals surface area contributed by atoms with Crippen LogP contribution in [0.2, 0.25) is 12.6 Å². The Kier molecular flexibility index (Phi) is 5.93. The summed E-state index contributed by atoms with van der Waals surface area (Å²) in [6.45, 7) is 21.4. The lowest BCUT2D eigenvalue weighted by atomic mass is 9.42. The van der Waals surface area contributed by atoms with E-state index in [0.29, 0.717) is 29.4 Å². The molecule has 182 valence electrons. The van der Waals surface area contributed by atoms with E-state index in [9.17, 15) is 0 Å². The van der Waals surface area contributed by atoms with Gasteiger partial charge in [-0.1, -0.05) is 82.1 Å². The number of nitrogens with zero attached hydrogens (tertiary/aromatic N) is 2. The van der Waals surface area contributed by atoms with E-state index in [1.54, 1.807) is 0 Å². The highest BCUT2D eigenvalue weighted by Crippen LogP contribution is 2.52. The molecule has 1 saturated carbocycles. The average Bonchev–Trinajstić information content (AvgIpc) is 3.36. The number of fused-ring (bicyclic) bond motifs is 1. The second-order valence-electron chi connectivity index (χ2n) is 13.4. The molecule has 2 radical (unpaired) electrons. The molecule has 0 amide bonds. The van der Waals surface area contributed by atoms with Crippen LogP contribution in [-0.2, 0) is 0 Å². The van der Waals surface area contributed by atoms with Crippen molar-refractivity contribution in [1.29, 1.82) is 0 Å². The van der Waals surface area contributed by atoms with Gasteiger partial charge in [-0.05, 0) is 66.5 Å². The molecular weight excluding hydrogens is 424 g/mol. The normalized spacial score (nSPS) is 28.9. The summed E-state index contributed by atoms with van der Waals surface area (Å²) in [5, 5.41) is 3.79. The van der Waals surface area contributed by atoms with Crippen LogP contribution in [0, 0.1) is 29.6 Å². The Morgan fingerprint density at radius 3 is 2.23 bits per heavy atom.